The maximum atomic E-state index is 4.90. The van der Waals surface area contributed by atoms with Gasteiger partial charge in [-0.1, -0.05) is 36.4 Å². The molecule has 7 rings (SSSR count). The van der Waals surface area contributed by atoms with Gasteiger partial charge in [0.15, 0.2) is 5.82 Å². The quantitative estimate of drug-likeness (QED) is 0.266. The highest BCUT2D eigenvalue weighted by atomic mass is 15.1. The molecule has 9 nitrogen and oxygen atoms in total. The van der Waals surface area contributed by atoms with Crippen molar-refractivity contribution in [1.29, 1.82) is 0 Å². The molecule has 188 valence electrons. The molecule has 0 bridgehead atoms. The molecule has 0 radical (unpaired) electrons. The summed E-state index contributed by atoms with van der Waals surface area (Å²) in [6.07, 6.45) is 10.8. The molecule has 0 saturated carbocycles. The fraction of sp³-hybridized carbons (Fsp3) is 0.0667. The second-order valence-electron chi connectivity index (χ2n) is 9.24. The van der Waals surface area contributed by atoms with Crippen LogP contribution in [0, 0.1) is 0 Å². The van der Waals surface area contributed by atoms with Crippen molar-refractivity contribution in [2.24, 2.45) is 0 Å². The molecule has 7 aromatic rings. The maximum Gasteiger partial charge on any atom is 0.159 e. The van der Waals surface area contributed by atoms with E-state index >= 15 is 0 Å². The molecule has 0 amide bonds. The first-order chi connectivity index (χ1) is 19.3. The first-order valence-corrected chi connectivity index (χ1v) is 12.6. The van der Waals surface area contributed by atoms with Gasteiger partial charge in [0.2, 0.25) is 0 Å². The van der Waals surface area contributed by atoms with E-state index in [9.17, 15) is 0 Å². The summed E-state index contributed by atoms with van der Waals surface area (Å²) in [5.74, 6) is 0.649. The Balaban J connectivity index is 1.20. The molecular weight excluding hydrogens is 486 g/mol. The zero-order chi connectivity index (χ0) is 26.0. The van der Waals surface area contributed by atoms with Crippen molar-refractivity contribution in [3.8, 4) is 34.0 Å². The van der Waals surface area contributed by atoms with Crippen LogP contribution in [0.3, 0.4) is 0 Å². The van der Waals surface area contributed by atoms with Crippen molar-refractivity contribution in [3.05, 3.63) is 109 Å². The Morgan fingerprint density at radius 2 is 1.59 bits per heavy atom. The van der Waals surface area contributed by atoms with Crippen LogP contribution in [0.25, 0.3) is 56.0 Å². The Morgan fingerprint density at radius 1 is 0.718 bits per heavy atom. The van der Waals surface area contributed by atoms with Gasteiger partial charge in [0.1, 0.15) is 11.2 Å². The molecule has 0 atom stereocenters. The van der Waals surface area contributed by atoms with Gasteiger partial charge in [-0.05, 0) is 35.4 Å². The smallest absolute Gasteiger partial charge is 0.159 e. The third-order valence-electron chi connectivity index (χ3n) is 6.60. The lowest BCUT2D eigenvalue weighted by atomic mass is 10.1. The number of H-pyrrole nitrogens is 2. The van der Waals surface area contributed by atoms with Gasteiger partial charge in [0.05, 0.1) is 34.8 Å². The lowest BCUT2D eigenvalue weighted by molar-refractivity contribution is 0.691. The molecule has 0 aliphatic carbocycles. The summed E-state index contributed by atoms with van der Waals surface area (Å²) in [4.78, 5) is 26.3. The predicted octanol–water partition coefficient (Wildman–Crippen LogP) is 5.31. The summed E-state index contributed by atoms with van der Waals surface area (Å²) < 4.78 is 0. The second-order valence-corrected chi connectivity index (χ2v) is 9.24. The van der Waals surface area contributed by atoms with Crippen LogP contribution in [0.15, 0.2) is 97.8 Å². The third kappa shape index (κ3) is 4.51. The molecule has 0 aliphatic heterocycles. The Labute approximate surface area is 223 Å². The number of rotatable bonds is 7. The topological polar surface area (TPSA) is 121 Å². The number of pyridine rings is 4. The van der Waals surface area contributed by atoms with Gasteiger partial charge >= 0.3 is 0 Å². The number of imidazole rings is 1. The molecule has 3 N–H and O–H groups in total. The minimum atomic E-state index is 0.649. The predicted molar refractivity (Wildman–Crippen MR) is 150 cm³/mol. The highest BCUT2D eigenvalue weighted by Gasteiger charge is 2.17. The number of hydrogen-bond donors (Lipinski definition) is 3. The monoisotopic (exact) mass is 509 g/mol. The second kappa shape index (κ2) is 9.88. The van der Waals surface area contributed by atoms with E-state index in [1.807, 2.05) is 54.9 Å². The van der Waals surface area contributed by atoms with Crippen molar-refractivity contribution in [2.45, 2.75) is 13.1 Å². The van der Waals surface area contributed by atoms with Crippen LogP contribution >= 0.6 is 0 Å². The van der Waals surface area contributed by atoms with E-state index in [4.69, 9.17) is 4.98 Å². The first kappa shape index (κ1) is 22.9. The van der Waals surface area contributed by atoms with E-state index in [1.165, 1.54) is 5.56 Å². The lowest BCUT2D eigenvalue weighted by Gasteiger charge is -2.07. The molecular formula is C30H23N9. The normalized spacial score (nSPS) is 11.4. The molecule has 1 aromatic carbocycles. The maximum absolute atomic E-state index is 4.90. The first-order valence-electron chi connectivity index (χ1n) is 12.6. The summed E-state index contributed by atoms with van der Waals surface area (Å²) in [7, 11) is 0. The van der Waals surface area contributed by atoms with Crippen molar-refractivity contribution in [3.63, 3.8) is 0 Å². The summed E-state index contributed by atoms with van der Waals surface area (Å²) >= 11 is 0. The van der Waals surface area contributed by atoms with E-state index in [1.54, 1.807) is 24.8 Å². The summed E-state index contributed by atoms with van der Waals surface area (Å²) in [6, 6.07) is 20.3. The zero-order valence-electron chi connectivity index (χ0n) is 20.8. The zero-order valence-corrected chi connectivity index (χ0v) is 20.8. The minimum Gasteiger partial charge on any atom is -0.335 e. The van der Waals surface area contributed by atoms with Gasteiger partial charge in [0.25, 0.3) is 0 Å². The van der Waals surface area contributed by atoms with Crippen LogP contribution in [0.4, 0.5) is 0 Å². The van der Waals surface area contributed by atoms with E-state index in [0.717, 1.165) is 56.6 Å². The Bertz CT molecular complexity index is 1890. The summed E-state index contributed by atoms with van der Waals surface area (Å²) in [5, 5.41) is 12.0. The van der Waals surface area contributed by atoms with Crippen LogP contribution in [0.2, 0.25) is 0 Å². The van der Waals surface area contributed by atoms with Crippen LogP contribution < -0.4 is 5.32 Å². The fourth-order valence-electron chi connectivity index (χ4n) is 4.68. The molecule has 0 fully saturated rings. The van der Waals surface area contributed by atoms with Crippen molar-refractivity contribution in [2.75, 3.05) is 0 Å². The van der Waals surface area contributed by atoms with E-state index in [-0.39, 0.29) is 0 Å². The van der Waals surface area contributed by atoms with Crippen LogP contribution in [-0.2, 0) is 13.1 Å². The molecule has 0 spiro atoms. The number of nitrogens with one attached hydrogen (secondary N) is 3. The SMILES string of the molecule is c1ccc(CNCc2cncc(-c3cc4c(-c5nc6c(-c7ccccn7)cncc6[nH]5)n[nH]c4cn3)c2)cc1. The van der Waals surface area contributed by atoms with Crippen LogP contribution in [0.5, 0.6) is 0 Å². The van der Waals surface area contributed by atoms with Crippen LogP contribution in [-0.4, -0.2) is 40.1 Å². The number of nitrogens with zero attached hydrogens (tertiary/aromatic N) is 6. The molecule has 39 heavy (non-hydrogen) atoms. The molecule has 0 unspecified atom stereocenters. The van der Waals surface area contributed by atoms with E-state index in [2.05, 4.69) is 58.6 Å². The van der Waals surface area contributed by atoms with Gasteiger partial charge < -0.3 is 10.3 Å². The number of aromatic nitrogens is 8. The van der Waals surface area contributed by atoms with E-state index in [0.29, 0.717) is 18.1 Å². The Morgan fingerprint density at radius 3 is 2.49 bits per heavy atom. The Hall–Kier alpha value is -5.28. The van der Waals surface area contributed by atoms with Crippen molar-refractivity contribution < 1.29 is 0 Å². The average Bonchev–Trinajstić information content (AvgIpc) is 3.62. The standard InChI is InChI=1S/C30H23N9/c1-2-6-19(7-3-1)12-31-13-20-10-21(15-32-14-20)25-11-22-26(18-35-25)38-39-29(22)30-36-27-17-33-16-23(28(27)37-30)24-8-4-5-9-34-24/h1-11,14-18,31H,12-13H2,(H,36,37)(H,38,39). The third-order valence-corrected chi connectivity index (χ3v) is 6.60. The van der Waals surface area contributed by atoms with Crippen molar-refractivity contribution in [1.82, 2.24) is 45.4 Å². The lowest BCUT2D eigenvalue weighted by Crippen LogP contribution is -2.12. The average molecular weight is 510 g/mol. The number of aromatic amines is 2. The van der Waals surface area contributed by atoms with Gasteiger partial charge in [-0.15, -0.1) is 0 Å². The fourth-order valence-corrected chi connectivity index (χ4v) is 4.68. The molecule has 6 aromatic heterocycles. The summed E-state index contributed by atoms with van der Waals surface area (Å²) in [5.41, 5.74) is 8.92. The molecule has 0 aliphatic rings. The number of benzene rings is 1. The van der Waals surface area contributed by atoms with E-state index < -0.39 is 0 Å². The van der Waals surface area contributed by atoms with Gasteiger partial charge in [0, 0.05) is 54.4 Å². The highest BCUT2D eigenvalue weighted by molar-refractivity contribution is 5.97. The molecule has 9 heteroatoms. The molecule has 0 saturated heterocycles. The van der Waals surface area contributed by atoms with Gasteiger partial charge in [-0.3, -0.25) is 25.0 Å². The number of hydrogen-bond acceptors (Lipinski definition) is 7. The molecule has 6 heterocycles. The largest absolute Gasteiger partial charge is 0.335 e. The van der Waals surface area contributed by atoms with Gasteiger partial charge in [-0.25, -0.2) is 4.98 Å². The minimum absolute atomic E-state index is 0.649. The summed E-state index contributed by atoms with van der Waals surface area (Å²) in [6.45, 7) is 1.50. The highest BCUT2D eigenvalue weighted by Crippen LogP contribution is 2.31. The van der Waals surface area contributed by atoms with Crippen LogP contribution in [0.1, 0.15) is 11.1 Å². The Kier molecular flexibility index (Phi) is 5.80. The van der Waals surface area contributed by atoms with Crippen molar-refractivity contribution >= 4 is 21.9 Å². The van der Waals surface area contributed by atoms with Gasteiger partial charge in [-0.2, -0.15) is 5.10 Å². The number of fused-ring (bicyclic) bond motifs is 2.